The summed E-state index contributed by atoms with van der Waals surface area (Å²) in [5.41, 5.74) is 0.0875. The van der Waals surface area contributed by atoms with Gasteiger partial charge in [0.15, 0.2) is 0 Å². The number of hydrogen-bond acceptors (Lipinski definition) is 4. The Morgan fingerprint density at radius 2 is 2.00 bits per heavy atom. The third-order valence-corrected chi connectivity index (χ3v) is 3.61. The molecule has 0 atom stereocenters. The van der Waals surface area contributed by atoms with Gasteiger partial charge in [0.05, 0.1) is 10.5 Å². The van der Waals surface area contributed by atoms with Crippen LogP contribution in [0, 0.1) is 11.3 Å². The van der Waals surface area contributed by atoms with Crippen LogP contribution in [0.1, 0.15) is 12.5 Å². The van der Waals surface area contributed by atoms with Crippen LogP contribution in [0.2, 0.25) is 0 Å². The molecule has 0 aliphatic heterocycles. The predicted molar refractivity (Wildman–Crippen MR) is 65.0 cm³/mol. The molecular formula is C11H13N3O3S. The van der Waals surface area contributed by atoms with Gasteiger partial charge in [-0.05, 0) is 12.1 Å². The van der Waals surface area contributed by atoms with Crippen molar-refractivity contribution >= 4 is 15.9 Å². The zero-order valence-corrected chi connectivity index (χ0v) is 10.6. The monoisotopic (exact) mass is 267 g/mol. The van der Waals surface area contributed by atoms with Gasteiger partial charge in [-0.15, -0.1) is 0 Å². The topological polar surface area (TPSA) is 99.1 Å². The third-order valence-electron chi connectivity index (χ3n) is 2.09. The first-order chi connectivity index (χ1) is 8.47. The van der Waals surface area contributed by atoms with E-state index in [9.17, 15) is 13.2 Å². The largest absolute Gasteiger partial charge is 0.355 e. The van der Waals surface area contributed by atoms with E-state index in [-0.39, 0.29) is 29.5 Å². The van der Waals surface area contributed by atoms with Crippen LogP contribution in [0.5, 0.6) is 0 Å². The molecule has 1 aromatic rings. The molecule has 0 aromatic heterocycles. The average Bonchev–Trinajstić information content (AvgIpc) is 2.34. The fourth-order valence-electron chi connectivity index (χ4n) is 1.30. The Morgan fingerprint density at radius 1 is 1.33 bits per heavy atom. The van der Waals surface area contributed by atoms with Gasteiger partial charge in [-0.1, -0.05) is 12.1 Å². The second-order valence-corrected chi connectivity index (χ2v) is 5.22. The van der Waals surface area contributed by atoms with Gasteiger partial charge in [-0.2, -0.15) is 5.26 Å². The highest BCUT2D eigenvalue weighted by Crippen LogP contribution is 2.13. The van der Waals surface area contributed by atoms with Gasteiger partial charge < -0.3 is 5.32 Å². The van der Waals surface area contributed by atoms with Crippen LogP contribution in [0.4, 0.5) is 0 Å². The lowest BCUT2D eigenvalue weighted by Crippen LogP contribution is -2.33. The van der Waals surface area contributed by atoms with E-state index < -0.39 is 10.0 Å². The van der Waals surface area contributed by atoms with Crippen LogP contribution in [0.15, 0.2) is 29.2 Å². The second-order valence-electron chi connectivity index (χ2n) is 3.49. The van der Waals surface area contributed by atoms with Gasteiger partial charge in [-0.25, -0.2) is 13.1 Å². The molecule has 96 valence electrons. The first-order valence-corrected chi connectivity index (χ1v) is 6.69. The molecule has 0 aliphatic rings. The summed E-state index contributed by atoms with van der Waals surface area (Å²) in [4.78, 5) is 10.5. The number of amides is 1. The number of sulfonamides is 1. The Kier molecular flexibility index (Phi) is 4.83. The first-order valence-electron chi connectivity index (χ1n) is 5.20. The van der Waals surface area contributed by atoms with Gasteiger partial charge in [0.25, 0.3) is 0 Å². The number of carbonyl (C=O) groups excluding carboxylic acids is 1. The van der Waals surface area contributed by atoms with Crippen LogP contribution in [0.3, 0.4) is 0 Å². The molecule has 18 heavy (non-hydrogen) atoms. The van der Waals surface area contributed by atoms with Gasteiger partial charge in [0.2, 0.25) is 15.9 Å². The highest BCUT2D eigenvalue weighted by atomic mass is 32.2. The number of benzene rings is 1. The van der Waals surface area contributed by atoms with E-state index in [4.69, 9.17) is 5.26 Å². The number of nitrogens with one attached hydrogen (secondary N) is 2. The van der Waals surface area contributed by atoms with Crippen molar-refractivity contribution in [3.05, 3.63) is 29.8 Å². The molecule has 1 aromatic carbocycles. The summed E-state index contributed by atoms with van der Waals surface area (Å²) in [7, 11) is -3.72. The van der Waals surface area contributed by atoms with E-state index in [1.54, 1.807) is 12.1 Å². The van der Waals surface area contributed by atoms with E-state index >= 15 is 0 Å². The van der Waals surface area contributed by atoms with Crippen molar-refractivity contribution in [2.45, 2.75) is 11.8 Å². The molecule has 0 unspecified atom stereocenters. The van der Waals surface area contributed by atoms with Gasteiger partial charge in [-0.3, -0.25) is 4.79 Å². The Labute approximate surface area is 106 Å². The van der Waals surface area contributed by atoms with E-state index in [1.165, 1.54) is 19.1 Å². The summed E-state index contributed by atoms with van der Waals surface area (Å²) in [6.07, 6.45) is 0. The van der Waals surface area contributed by atoms with Crippen molar-refractivity contribution in [3.63, 3.8) is 0 Å². The van der Waals surface area contributed by atoms with Crippen molar-refractivity contribution in [2.75, 3.05) is 13.1 Å². The Bertz CT molecular complexity index is 575. The molecule has 0 saturated carbocycles. The number of carbonyl (C=O) groups is 1. The van der Waals surface area contributed by atoms with Crippen LogP contribution in [-0.4, -0.2) is 27.4 Å². The number of hydrogen-bond donors (Lipinski definition) is 2. The molecular weight excluding hydrogens is 254 g/mol. The number of nitrogens with zero attached hydrogens (tertiary/aromatic N) is 1. The maximum Gasteiger partial charge on any atom is 0.241 e. The summed E-state index contributed by atoms with van der Waals surface area (Å²) in [5, 5.41) is 11.3. The van der Waals surface area contributed by atoms with E-state index in [0.29, 0.717) is 0 Å². The second kappa shape index (κ2) is 6.14. The molecule has 1 amide bonds. The molecule has 2 N–H and O–H groups in total. The van der Waals surface area contributed by atoms with Crippen LogP contribution in [-0.2, 0) is 14.8 Å². The molecule has 6 nitrogen and oxygen atoms in total. The van der Waals surface area contributed by atoms with Crippen molar-refractivity contribution in [3.8, 4) is 6.07 Å². The summed E-state index contributed by atoms with van der Waals surface area (Å²) < 4.78 is 26.1. The normalized spacial score (nSPS) is 10.7. The Morgan fingerprint density at radius 3 is 2.61 bits per heavy atom. The number of rotatable bonds is 5. The maximum atomic E-state index is 11.9. The van der Waals surface area contributed by atoms with Gasteiger partial charge in [0.1, 0.15) is 6.07 Å². The summed E-state index contributed by atoms with van der Waals surface area (Å²) >= 11 is 0. The van der Waals surface area contributed by atoms with Gasteiger partial charge in [0, 0.05) is 20.0 Å². The minimum Gasteiger partial charge on any atom is -0.355 e. The third kappa shape index (κ3) is 3.84. The zero-order valence-electron chi connectivity index (χ0n) is 9.80. The summed E-state index contributed by atoms with van der Waals surface area (Å²) in [6, 6.07) is 7.75. The van der Waals surface area contributed by atoms with E-state index in [0.717, 1.165) is 0 Å². The molecule has 0 radical (unpaired) electrons. The van der Waals surface area contributed by atoms with Crippen molar-refractivity contribution in [2.24, 2.45) is 0 Å². The Hall–Kier alpha value is -1.91. The lowest BCUT2D eigenvalue weighted by atomic mass is 10.2. The first kappa shape index (κ1) is 14.2. The zero-order chi connectivity index (χ0) is 13.6. The van der Waals surface area contributed by atoms with Crippen LogP contribution < -0.4 is 10.0 Å². The fraction of sp³-hybridized carbons (Fsp3) is 0.273. The fourth-order valence-corrected chi connectivity index (χ4v) is 2.48. The van der Waals surface area contributed by atoms with Crippen molar-refractivity contribution < 1.29 is 13.2 Å². The molecule has 0 bridgehead atoms. The van der Waals surface area contributed by atoms with Crippen molar-refractivity contribution in [1.82, 2.24) is 10.0 Å². The Balaban J connectivity index is 2.75. The van der Waals surface area contributed by atoms with Crippen molar-refractivity contribution in [1.29, 1.82) is 5.26 Å². The number of nitriles is 1. The minimum atomic E-state index is -3.72. The highest BCUT2D eigenvalue weighted by Gasteiger charge is 2.17. The predicted octanol–water partition coefficient (Wildman–Crippen LogP) is -0.0273. The molecule has 0 spiro atoms. The lowest BCUT2D eigenvalue weighted by Gasteiger charge is -2.08. The molecule has 7 heteroatoms. The lowest BCUT2D eigenvalue weighted by molar-refractivity contribution is -0.118. The highest BCUT2D eigenvalue weighted by molar-refractivity contribution is 7.89. The van der Waals surface area contributed by atoms with Crippen LogP contribution in [0.25, 0.3) is 0 Å². The standard InChI is InChI=1S/C11H13N3O3S/c1-9(15)13-6-7-14-18(16,17)11-5-3-2-4-10(11)8-12/h2-5,14H,6-7H2,1H3,(H,13,15). The quantitative estimate of drug-likeness (QED) is 0.732. The van der Waals surface area contributed by atoms with E-state index in [1.807, 2.05) is 6.07 Å². The van der Waals surface area contributed by atoms with Crippen LogP contribution >= 0.6 is 0 Å². The molecule has 0 aliphatic carbocycles. The molecule has 0 fully saturated rings. The minimum absolute atomic E-state index is 0.0599. The molecule has 0 heterocycles. The van der Waals surface area contributed by atoms with E-state index in [2.05, 4.69) is 10.0 Å². The molecule has 1 rings (SSSR count). The smallest absolute Gasteiger partial charge is 0.241 e. The summed E-state index contributed by atoms with van der Waals surface area (Å²) in [6.45, 7) is 1.62. The van der Waals surface area contributed by atoms with Gasteiger partial charge >= 0.3 is 0 Å². The molecule has 0 saturated heterocycles. The summed E-state index contributed by atoms with van der Waals surface area (Å²) in [5.74, 6) is -0.230. The average molecular weight is 267 g/mol. The maximum absolute atomic E-state index is 11.9. The SMILES string of the molecule is CC(=O)NCCNS(=O)(=O)c1ccccc1C#N.